The molecule has 0 radical (unpaired) electrons. The maximum Gasteiger partial charge on any atom is 0.0213 e. The molecule has 0 bridgehead atoms. The fourth-order valence-corrected chi connectivity index (χ4v) is 1.47. The molecule has 0 heterocycles. The minimum Gasteiger partial charge on any atom is -0.329 e. The second-order valence-corrected chi connectivity index (χ2v) is 4.27. The summed E-state index contributed by atoms with van der Waals surface area (Å²) >= 11 is 0. The van der Waals surface area contributed by atoms with Crippen LogP contribution >= 0.6 is 0 Å². The van der Waals surface area contributed by atoms with Gasteiger partial charge in [0.2, 0.25) is 0 Å². The molecule has 12 heavy (non-hydrogen) atoms. The lowest BCUT2D eigenvalue weighted by Gasteiger charge is -2.20. The molecule has 0 aromatic carbocycles. The fourth-order valence-electron chi connectivity index (χ4n) is 1.47. The van der Waals surface area contributed by atoms with E-state index in [1.165, 1.54) is 19.3 Å². The van der Waals surface area contributed by atoms with Crippen LogP contribution in [0.5, 0.6) is 0 Å². The van der Waals surface area contributed by atoms with Gasteiger partial charge in [-0.1, -0.05) is 26.7 Å². The Bertz CT molecular complexity index is 119. The molecule has 2 nitrogen and oxygen atoms in total. The molecule has 72 valence electrons. The van der Waals surface area contributed by atoms with Gasteiger partial charge in [0.05, 0.1) is 0 Å². The van der Waals surface area contributed by atoms with Crippen molar-refractivity contribution >= 4 is 0 Å². The molecule has 1 rings (SSSR count). The molecule has 0 amide bonds. The zero-order valence-electron chi connectivity index (χ0n) is 8.34. The van der Waals surface area contributed by atoms with Gasteiger partial charge in [-0.3, -0.25) is 0 Å². The van der Waals surface area contributed by atoms with Gasteiger partial charge in [0, 0.05) is 12.6 Å². The molecule has 0 spiro atoms. The van der Waals surface area contributed by atoms with Crippen LogP contribution in [0.4, 0.5) is 0 Å². The molecule has 3 N–H and O–H groups in total. The van der Waals surface area contributed by atoms with Crippen LogP contribution < -0.4 is 11.1 Å². The lowest BCUT2D eigenvalue weighted by Crippen LogP contribution is -2.40. The number of nitrogens with two attached hydrogens (primary N) is 1. The topological polar surface area (TPSA) is 38.0 Å². The summed E-state index contributed by atoms with van der Waals surface area (Å²) in [6.45, 7) is 6.37. The predicted octanol–water partition coefficient (Wildman–Crippen LogP) is 1.36. The van der Waals surface area contributed by atoms with Crippen molar-refractivity contribution in [2.24, 2.45) is 17.6 Å². The van der Waals surface area contributed by atoms with Crippen LogP contribution in [0.3, 0.4) is 0 Å². The molecule has 0 aromatic heterocycles. The quantitative estimate of drug-likeness (QED) is 0.631. The second-order valence-electron chi connectivity index (χ2n) is 4.27. The highest BCUT2D eigenvalue weighted by Gasteiger charge is 2.21. The van der Waals surface area contributed by atoms with E-state index in [1.54, 1.807) is 0 Å². The SMILES string of the molecule is CC(C)C(CN)NCCC1CC1. The van der Waals surface area contributed by atoms with Gasteiger partial charge in [-0.2, -0.15) is 0 Å². The Kier molecular flexibility index (Phi) is 4.02. The normalized spacial score (nSPS) is 20.0. The monoisotopic (exact) mass is 170 g/mol. The minimum atomic E-state index is 0.517. The molecule has 1 aliphatic rings. The Morgan fingerprint density at radius 1 is 1.42 bits per heavy atom. The summed E-state index contributed by atoms with van der Waals surface area (Å²) in [5, 5.41) is 3.52. The van der Waals surface area contributed by atoms with Crippen molar-refractivity contribution in [1.82, 2.24) is 5.32 Å². The first-order valence-electron chi connectivity index (χ1n) is 5.17. The molecular weight excluding hydrogens is 148 g/mol. The van der Waals surface area contributed by atoms with Crippen LogP contribution in [0, 0.1) is 11.8 Å². The minimum absolute atomic E-state index is 0.517. The summed E-state index contributed by atoms with van der Waals surface area (Å²) < 4.78 is 0. The first-order chi connectivity index (χ1) is 5.74. The van der Waals surface area contributed by atoms with Crippen molar-refractivity contribution in [3.05, 3.63) is 0 Å². The van der Waals surface area contributed by atoms with Gasteiger partial charge in [0.1, 0.15) is 0 Å². The molecule has 2 heteroatoms. The lowest BCUT2D eigenvalue weighted by atomic mass is 10.0. The van der Waals surface area contributed by atoms with Gasteiger partial charge in [0.15, 0.2) is 0 Å². The second kappa shape index (κ2) is 4.83. The summed E-state index contributed by atoms with van der Waals surface area (Å²) in [6, 6.07) is 0.517. The average Bonchev–Trinajstić information content (AvgIpc) is 2.80. The van der Waals surface area contributed by atoms with Gasteiger partial charge in [0.25, 0.3) is 0 Å². The van der Waals surface area contributed by atoms with Gasteiger partial charge in [-0.05, 0) is 24.8 Å². The first kappa shape index (κ1) is 10.0. The van der Waals surface area contributed by atoms with E-state index in [-0.39, 0.29) is 0 Å². The molecule has 1 fully saturated rings. The molecule has 0 saturated heterocycles. The Balaban J connectivity index is 2.01. The smallest absolute Gasteiger partial charge is 0.0213 e. The van der Waals surface area contributed by atoms with Crippen molar-refractivity contribution in [3.8, 4) is 0 Å². The van der Waals surface area contributed by atoms with Gasteiger partial charge in [-0.15, -0.1) is 0 Å². The highest BCUT2D eigenvalue weighted by atomic mass is 14.9. The van der Waals surface area contributed by atoms with E-state index < -0.39 is 0 Å². The summed E-state index contributed by atoms with van der Waals surface area (Å²) in [7, 11) is 0. The maximum absolute atomic E-state index is 5.64. The zero-order valence-corrected chi connectivity index (χ0v) is 8.34. The Hall–Kier alpha value is -0.0800. The third kappa shape index (κ3) is 3.55. The molecule has 0 aromatic rings. The molecule has 1 saturated carbocycles. The van der Waals surface area contributed by atoms with Crippen molar-refractivity contribution in [1.29, 1.82) is 0 Å². The largest absolute Gasteiger partial charge is 0.329 e. The molecule has 1 aliphatic carbocycles. The Morgan fingerprint density at radius 2 is 2.08 bits per heavy atom. The number of hydrogen-bond donors (Lipinski definition) is 2. The lowest BCUT2D eigenvalue weighted by molar-refractivity contribution is 0.399. The first-order valence-corrected chi connectivity index (χ1v) is 5.17. The zero-order chi connectivity index (χ0) is 8.97. The van der Waals surface area contributed by atoms with Crippen LogP contribution in [-0.2, 0) is 0 Å². The number of rotatable bonds is 6. The summed E-state index contributed by atoms with van der Waals surface area (Å²) in [4.78, 5) is 0. The molecule has 0 aliphatic heterocycles. The van der Waals surface area contributed by atoms with Crippen LogP contribution in [0.25, 0.3) is 0 Å². The van der Waals surface area contributed by atoms with E-state index >= 15 is 0 Å². The van der Waals surface area contributed by atoms with Crippen LogP contribution in [0.2, 0.25) is 0 Å². The van der Waals surface area contributed by atoms with Crippen LogP contribution in [-0.4, -0.2) is 19.1 Å². The van der Waals surface area contributed by atoms with E-state index in [4.69, 9.17) is 5.73 Å². The van der Waals surface area contributed by atoms with Gasteiger partial charge < -0.3 is 11.1 Å². The van der Waals surface area contributed by atoms with Crippen molar-refractivity contribution in [3.63, 3.8) is 0 Å². The fraction of sp³-hybridized carbons (Fsp3) is 1.00. The number of nitrogens with one attached hydrogen (secondary N) is 1. The maximum atomic E-state index is 5.64. The predicted molar refractivity (Wildman–Crippen MR) is 53.0 cm³/mol. The van der Waals surface area contributed by atoms with Gasteiger partial charge in [-0.25, -0.2) is 0 Å². The van der Waals surface area contributed by atoms with E-state index in [0.29, 0.717) is 12.0 Å². The average molecular weight is 170 g/mol. The van der Waals surface area contributed by atoms with E-state index in [0.717, 1.165) is 19.0 Å². The van der Waals surface area contributed by atoms with Crippen molar-refractivity contribution in [2.75, 3.05) is 13.1 Å². The molecule has 1 unspecified atom stereocenters. The van der Waals surface area contributed by atoms with E-state index in [1.807, 2.05) is 0 Å². The van der Waals surface area contributed by atoms with Crippen LogP contribution in [0.15, 0.2) is 0 Å². The van der Waals surface area contributed by atoms with Gasteiger partial charge >= 0.3 is 0 Å². The molecular formula is C10H22N2. The summed E-state index contributed by atoms with van der Waals surface area (Å²) in [5.74, 6) is 1.69. The van der Waals surface area contributed by atoms with E-state index in [2.05, 4.69) is 19.2 Å². The summed E-state index contributed by atoms with van der Waals surface area (Å²) in [5.41, 5.74) is 5.64. The van der Waals surface area contributed by atoms with E-state index in [9.17, 15) is 0 Å². The third-order valence-electron chi connectivity index (χ3n) is 2.71. The Morgan fingerprint density at radius 3 is 2.50 bits per heavy atom. The van der Waals surface area contributed by atoms with Crippen LogP contribution in [0.1, 0.15) is 33.1 Å². The van der Waals surface area contributed by atoms with Crippen molar-refractivity contribution in [2.45, 2.75) is 39.2 Å². The number of hydrogen-bond acceptors (Lipinski definition) is 2. The summed E-state index contributed by atoms with van der Waals surface area (Å²) in [6.07, 6.45) is 4.26. The highest BCUT2D eigenvalue weighted by molar-refractivity contribution is 4.76. The third-order valence-corrected chi connectivity index (χ3v) is 2.71. The standard InChI is InChI=1S/C10H22N2/c1-8(2)10(7-11)12-6-5-9-3-4-9/h8-10,12H,3-7,11H2,1-2H3. The molecule has 1 atom stereocenters. The highest BCUT2D eigenvalue weighted by Crippen LogP contribution is 2.31. The Labute approximate surface area is 75.9 Å². The van der Waals surface area contributed by atoms with Crippen molar-refractivity contribution < 1.29 is 0 Å².